The molecule has 0 unspecified atom stereocenters. The Kier molecular flexibility index (Phi) is 4.15. The van der Waals surface area contributed by atoms with Gasteiger partial charge in [0.15, 0.2) is 5.78 Å². The first-order valence-corrected chi connectivity index (χ1v) is 10.7. The lowest BCUT2D eigenvalue weighted by Gasteiger charge is -1.99. The molecule has 0 atom stereocenters. The summed E-state index contributed by atoms with van der Waals surface area (Å²) in [7, 11) is 0. The molecule has 6 aromatic rings. The maximum atomic E-state index is 11.7. The molecule has 0 aliphatic carbocycles. The van der Waals surface area contributed by atoms with Gasteiger partial charge in [0.2, 0.25) is 0 Å². The Labute approximate surface area is 185 Å². The number of ketones is 1. The Balaban J connectivity index is 1.49. The number of aromatic amines is 2. The number of carbonyl (C=O) groups excluding carboxylic acids is 1. The smallest absolute Gasteiger partial charge is 0.169 e. The van der Waals surface area contributed by atoms with Gasteiger partial charge in [0, 0.05) is 34.9 Å². The molecule has 0 fully saturated rings. The third kappa shape index (κ3) is 2.98. The fourth-order valence-corrected chi connectivity index (χ4v) is 4.64. The number of nitrogens with zero attached hydrogens (tertiary/aromatic N) is 5. The third-order valence-electron chi connectivity index (χ3n) is 5.26. The predicted molar refractivity (Wildman–Crippen MR) is 123 cm³/mol. The monoisotopic (exact) mass is 437 g/mol. The number of nitrogens with one attached hydrogen (secondary N) is 2. The molecule has 9 heteroatoms. The zero-order valence-electron chi connectivity index (χ0n) is 16.8. The lowest BCUT2D eigenvalue weighted by atomic mass is 10.1. The van der Waals surface area contributed by atoms with E-state index in [0.717, 1.165) is 54.3 Å². The molecule has 0 spiro atoms. The molecule has 0 aromatic carbocycles. The average molecular weight is 437 g/mol. The van der Waals surface area contributed by atoms with Gasteiger partial charge < -0.3 is 4.98 Å². The average Bonchev–Trinajstić information content (AvgIpc) is 3.56. The van der Waals surface area contributed by atoms with Crippen LogP contribution in [0.5, 0.6) is 0 Å². The first-order valence-electron chi connectivity index (χ1n) is 9.87. The molecule has 2 N–H and O–H groups in total. The van der Waals surface area contributed by atoms with Crippen molar-refractivity contribution < 1.29 is 4.79 Å². The molecule has 32 heavy (non-hydrogen) atoms. The van der Waals surface area contributed by atoms with Crippen LogP contribution in [0.2, 0.25) is 0 Å². The van der Waals surface area contributed by atoms with Crippen LogP contribution < -0.4 is 0 Å². The van der Waals surface area contributed by atoms with Gasteiger partial charge in [-0.1, -0.05) is 0 Å². The SMILES string of the molecule is CC(=O)c1ccc(-c2nccc3[nH]c(-c4n[nH]c5cnc(-c6cnccn6)cc45)cc23)s1. The van der Waals surface area contributed by atoms with E-state index in [0.29, 0.717) is 5.69 Å². The first-order chi connectivity index (χ1) is 15.7. The molecule has 0 amide bonds. The fraction of sp³-hybridized carbons (Fsp3) is 0.0435. The van der Waals surface area contributed by atoms with Gasteiger partial charge in [-0.3, -0.25) is 29.8 Å². The van der Waals surface area contributed by atoms with Crippen molar-refractivity contribution in [1.82, 2.24) is 35.1 Å². The second-order valence-electron chi connectivity index (χ2n) is 7.30. The zero-order valence-corrected chi connectivity index (χ0v) is 17.6. The lowest BCUT2D eigenvalue weighted by molar-refractivity contribution is 0.102. The molecule has 0 saturated carbocycles. The number of rotatable bonds is 4. The van der Waals surface area contributed by atoms with E-state index in [1.54, 1.807) is 37.9 Å². The van der Waals surface area contributed by atoms with Crippen molar-refractivity contribution in [3.8, 4) is 33.3 Å². The zero-order chi connectivity index (χ0) is 21.7. The van der Waals surface area contributed by atoms with Crippen LogP contribution >= 0.6 is 11.3 Å². The van der Waals surface area contributed by atoms with E-state index in [1.165, 1.54) is 11.3 Å². The number of carbonyl (C=O) groups is 1. The molecule has 0 saturated heterocycles. The summed E-state index contributed by atoms with van der Waals surface area (Å²) in [5, 5.41) is 9.48. The summed E-state index contributed by atoms with van der Waals surface area (Å²) in [6, 6.07) is 9.73. The Hall–Kier alpha value is -4.24. The van der Waals surface area contributed by atoms with Gasteiger partial charge in [-0.15, -0.1) is 11.3 Å². The quantitative estimate of drug-likeness (QED) is 0.380. The van der Waals surface area contributed by atoms with E-state index in [9.17, 15) is 4.79 Å². The molecule has 8 nitrogen and oxygen atoms in total. The molecule has 6 rings (SSSR count). The fourth-order valence-electron chi connectivity index (χ4n) is 3.73. The van der Waals surface area contributed by atoms with E-state index in [4.69, 9.17) is 0 Å². The first kappa shape index (κ1) is 18.5. The largest absolute Gasteiger partial charge is 0.353 e. The summed E-state index contributed by atoms with van der Waals surface area (Å²) in [4.78, 5) is 34.4. The van der Waals surface area contributed by atoms with Gasteiger partial charge in [-0.2, -0.15) is 5.10 Å². The standard InChI is InChI=1S/C23H15N7OS/c1-12(31)20-2-3-21(32-20)23-13-9-17(28-15(13)4-5-26-23)22-14-8-16(19-10-24-6-7-25-19)27-11-18(14)29-30-22/h2-11,28H,1H3,(H,29,30). The van der Waals surface area contributed by atoms with Crippen LogP contribution in [0.25, 0.3) is 55.2 Å². The highest BCUT2D eigenvalue weighted by Gasteiger charge is 2.16. The second-order valence-corrected chi connectivity index (χ2v) is 8.39. The van der Waals surface area contributed by atoms with Crippen molar-refractivity contribution in [3.05, 3.63) is 66.2 Å². The van der Waals surface area contributed by atoms with Crippen molar-refractivity contribution in [2.24, 2.45) is 0 Å². The topological polar surface area (TPSA) is 113 Å². The summed E-state index contributed by atoms with van der Waals surface area (Å²) in [6.07, 6.45) is 8.48. The number of thiophene rings is 1. The van der Waals surface area contributed by atoms with Crippen molar-refractivity contribution in [2.75, 3.05) is 0 Å². The molecule has 6 heterocycles. The van der Waals surface area contributed by atoms with Crippen LogP contribution in [0.15, 0.2) is 61.3 Å². The minimum absolute atomic E-state index is 0.0543. The van der Waals surface area contributed by atoms with Gasteiger partial charge in [0.05, 0.1) is 44.7 Å². The van der Waals surface area contributed by atoms with E-state index in [2.05, 4.69) is 35.1 Å². The molecular weight excluding hydrogens is 422 g/mol. The highest BCUT2D eigenvalue weighted by molar-refractivity contribution is 7.17. The summed E-state index contributed by atoms with van der Waals surface area (Å²) in [5.41, 5.74) is 5.68. The predicted octanol–water partition coefficient (Wildman–Crippen LogP) is 4.89. The molecule has 6 aromatic heterocycles. The molecular formula is C23H15N7OS. The molecule has 0 aliphatic rings. The Morgan fingerprint density at radius 2 is 1.78 bits per heavy atom. The number of pyridine rings is 2. The van der Waals surface area contributed by atoms with Crippen LogP contribution in [0.3, 0.4) is 0 Å². The van der Waals surface area contributed by atoms with Crippen LogP contribution in [-0.4, -0.2) is 40.9 Å². The highest BCUT2D eigenvalue weighted by Crippen LogP contribution is 2.36. The van der Waals surface area contributed by atoms with Gasteiger partial charge >= 0.3 is 0 Å². The van der Waals surface area contributed by atoms with Crippen molar-refractivity contribution in [2.45, 2.75) is 6.92 Å². The van der Waals surface area contributed by atoms with Crippen LogP contribution in [-0.2, 0) is 0 Å². The number of aromatic nitrogens is 7. The summed E-state index contributed by atoms with van der Waals surface area (Å²) >= 11 is 1.45. The maximum Gasteiger partial charge on any atom is 0.169 e. The Morgan fingerprint density at radius 3 is 2.59 bits per heavy atom. The van der Waals surface area contributed by atoms with E-state index < -0.39 is 0 Å². The van der Waals surface area contributed by atoms with Gasteiger partial charge in [0.1, 0.15) is 11.4 Å². The maximum absolute atomic E-state index is 11.7. The Morgan fingerprint density at radius 1 is 0.875 bits per heavy atom. The van der Waals surface area contributed by atoms with Gasteiger partial charge in [0.25, 0.3) is 0 Å². The molecule has 0 bridgehead atoms. The summed E-state index contributed by atoms with van der Waals surface area (Å²) < 4.78 is 0. The van der Waals surface area contributed by atoms with Crippen molar-refractivity contribution in [3.63, 3.8) is 0 Å². The van der Waals surface area contributed by atoms with Crippen molar-refractivity contribution >= 4 is 38.9 Å². The van der Waals surface area contributed by atoms with Gasteiger partial charge in [-0.05, 0) is 37.3 Å². The normalized spacial score (nSPS) is 11.4. The van der Waals surface area contributed by atoms with Crippen molar-refractivity contribution in [1.29, 1.82) is 0 Å². The summed E-state index contributed by atoms with van der Waals surface area (Å²) in [5.74, 6) is 0.0543. The number of H-pyrrole nitrogens is 2. The Bertz CT molecular complexity index is 1610. The van der Waals surface area contributed by atoms with Crippen LogP contribution in [0.1, 0.15) is 16.6 Å². The molecule has 0 aliphatic heterocycles. The number of Topliss-reactive ketones (excluding diaryl/α,β-unsaturated/α-hetero) is 1. The van der Waals surface area contributed by atoms with E-state index >= 15 is 0 Å². The number of hydrogen-bond acceptors (Lipinski definition) is 7. The molecule has 154 valence electrons. The van der Waals surface area contributed by atoms with E-state index in [-0.39, 0.29) is 5.78 Å². The van der Waals surface area contributed by atoms with Gasteiger partial charge in [-0.25, -0.2) is 0 Å². The minimum Gasteiger partial charge on any atom is -0.353 e. The second kappa shape index (κ2) is 7.17. The number of hydrogen-bond donors (Lipinski definition) is 2. The molecule has 0 radical (unpaired) electrons. The lowest BCUT2D eigenvalue weighted by Crippen LogP contribution is -1.88. The minimum atomic E-state index is 0.0543. The third-order valence-corrected chi connectivity index (χ3v) is 6.46. The number of fused-ring (bicyclic) bond motifs is 2. The highest BCUT2D eigenvalue weighted by atomic mass is 32.1. The van der Waals surface area contributed by atoms with E-state index in [1.807, 2.05) is 30.3 Å². The van der Waals surface area contributed by atoms with Crippen LogP contribution in [0.4, 0.5) is 0 Å². The summed E-state index contributed by atoms with van der Waals surface area (Å²) in [6.45, 7) is 1.57. The van der Waals surface area contributed by atoms with Crippen LogP contribution in [0, 0.1) is 0 Å².